The van der Waals surface area contributed by atoms with E-state index in [1.54, 1.807) is 42.6 Å². The average molecular weight is 563 g/mol. The van der Waals surface area contributed by atoms with Gasteiger partial charge in [-0.3, -0.25) is 14.4 Å². The van der Waals surface area contributed by atoms with E-state index in [1.165, 1.54) is 23.4 Å². The van der Waals surface area contributed by atoms with Gasteiger partial charge in [-0.05, 0) is 36.1 Å². The smallest absolute Gasteiger partial charge is 0.326 e. The number of carbonyl (C=O) groups excluding carboxylic acids is 3. The third-order valence-electron chi connectivity index (χ3n) is 7.06. The highest BCUT2D eigenvalue weighted by atomic mass is 16.4. The minimum Gasteiger partial charge on any atom is -0.508 e. The summed E-state index contributed by atoms with van der Waals surface area (Å²) in [6.45, 7) is 0.273. The molecule has 1 saturated heterocycles. The lowest BCUT2D eigenvalue weighted by Gasteiger charge is -2.30. The molecule has 12 heteroatoms. The van der Waals surface area contributed by atoms with Gasteiger partial charge in [0.05, 0.1) is 12.4 Å². The zero-order chi connectivity index (χ0) is 29.4. The number of aromatic hydroxyl groups is 1. The summed E-state index contributed by atoms with van der Waals surface area (Å²) in [5, 5.41) is 24.7. The molecular formula is C29H34N6O6. The zero-order valence-electron chi connectivity index (χ0n) is 22.4. The van der Waals surface area contributed by atoms with E-state index in [4.69, 9.17) is 5.73 Å². The summed E-state index contributed by atoms with van der Waals surface area (Å²) >= 11 is 0. The van der Waals surface area contributed by atoms with E-state index < -0.39 is 47.9 Å². The highest BCUT2D eigenvalue weighted by Gasteiger charge is 2.39. The van der Waals surface area contributed by atoms with Crippen molar-refractivity contribution in [2.45, 2.75) is 56.3 Å². The molecule has 4 rings (SSSR count). The Morgan fingerprint density at radius 3 is 2.32 bits per heavy atom. The summed E-state index contributed by atoms with van der Waals surface area (Å²) in [5.41, 5.74) is 8.20. The Morgan fingerprint density at radius 1 is 0.976 bits per heavy atom. The molecule has 0 radical (unpaired) electrons. The number of aliphatic carboxylic acids is 1. The Kier molecular flexibility index (Phi) is 9.69. The fraction of sp³-hybridized carbons (Fsp3) is 0.345. The van der Waals surface area contributed by atoms with Gasteiger partial charge in [-0.25, -0.2) is 9.78 Å². The molecule has 7 N–H and O–H groups in total. The van der Waals surface area contributed by atoms with E-state index in [9.17, 15) is 29.4 Å². The second kappa shape index (κ2) is 13.6. The number of carboxylic acids is 1. The highest BCUT2D eigenvalue weighted by molar-refractivity contribution is 5.94. The van der Waals surface area contributed by atoms with Crippen molar-refractivity contribution in [1.29, 1.82) is 0 Å². The molecule has 2 aromatic carbocycles. The van der Waals surface area contributed by atoms with Crippen molar-refractivity contribution in [2.75, 3.05) is 6.54 Å². The molecule has 4 unspecified atom stereocenters. The molecule has 0 aliphatic carbocycles. The Bertz CT molecular complexity index is 1330. The van der Waals surface area contributed by atoms with Crippen molar-refractivity contribution in [3.05, 3.63) is 83.9 Å². The van der Waals surface area contributed by atoms with E-state index in [0.717, 1.165) is 5.56 Å². The predicted octanol–water partition coefficient (Wildman–Crippen LogP) is 0.516. The van der Waals surface area contributed by atoms with Crippen LogP contribution in [-0.2, 0) is 38.4 Å². The number of imidazole rings is 1. The van der Waals surface area contributed by atoms with Gasteiger partial charge in [0.2, 0.25) is 17.7 Å². The van der Waals surface area contributed by atoms with Gasteiger partial charge in [0, 0.05) is 37.7 Å². The molecule has 2 heterocycles. The Hall–Kier alpha value is -4.71. The van der Waals surface area contributed by atoms with E-state index in [-0.39, 0.29) is 31.6 Å². The lowest BCUT2D eigenvalue weighted by atomic mass is 10.0. The molecular weight excluding hydrogens is 528 g/mol. The fourth-order valence-electron chi connectivity index (χ4n) is 4.89. The predicted molar refractivity (Wildman–Crippen MR) is 148 cm³/mol. The van der Waals surface area contributed by atoms with Crippen LogP contribution in [0.1, 0.15) is 29.7 Å². The van der Waals surface area contributed by atoms with E-state index >= 15 is 0 Å². The summed E-state index contributed by atoms with van der Waals surface area (Å²) in [4.78, 5) is 60.3. The van der Waals surface area contributed by atoms with Crippen molar-refractivity contribution >= 4 is 23.7 Å². The number of hydrogen-bond donors (Lipinski definition) is 6. The first-order valence-corrected chi connectivity index (χ1v) is 13.4. The number of H-pyrrole nitrogens is 1. The van der Waals surface area contributed by atoms with Crippen LogP contribution in [0.15, 0.2) is 67.1 Å². The maximum atomic E-state index is 13.8. The van der Waals surface area contributed by atoms with Crippen LogP contribution in [0, 0.1) is 0 Å². The number of nitrogens with zero attached hydrogens (tertiary/aromatic N) is 2. The Balaban J connectivity index is 1.48. The minimum atomic E-state index is -1.18. The van der Waals surface area contributed by atoms with Crippen LogP contribution in [0.2, 0.25) is 0 Å². The fourth-order valence-corrected chi connectivity index (χ4v) is 4.89. The summed E-state index contributed by atoms with van der Waals surface area (Å²) in [5.74, 6) is -2.72. The monoisotopic (exact) mass is 562 g/mol. The van der Waals surface area contributed by atoms with Gasteiger partial charge in [-0.1, -0.05) is 42.5 Å². The summed E-state index contributed by atoms with van der Waals surface area (Å²) < 4.78 is 0. The number of phenols is 1. The number of carbonyl (C=O) groups is 4. The molecule has 0 bridgehead atoms. The number of amides is 3. The topological polar surface area (TPSA) is 191 Å². The van der Waals surface area contributed by atoms with Crippen LogP contribution in [0.25, 0.3) is 0 Å². The molecule has 1 fully saturated rings. The molecule has 41 heavy (non-hydrogen) atoms. The van der Waals surface area contributed by atoms with Crippen molar-refractivity contribution < 1.29 is 29.4 Å². The van der Waals surface area contributed by atoms with Crippen LogP contribution in [-0.4, -0.2) is 79.5 Å². The first kappa shape index (κ1) is 29.3. The molecule has 12 nitrogen and oxygen atoms in total. The van der Waals surface area contributed by atoms with Crippen LogP contribution in [0.3, 0.4) is 0 Å². The number of aromatic nitrogens is 2. The molecule has 216 valence electrons. The van der Waals surface area contributed by atoms with Crippen LogP contribution in [0.4, 0.5) is 0 Å². The number of rotatable bonds is 12. The normalized spacial score (nSPS) is 16.9. The van der Waals surface area contributed by atoms with Gasteiger partial charge in [-0.2, -0.15) is 0 Å². The SMILES string of the molecule is NC(Cc1cnc[nH]1)C(=O)NC(Cc1ccc(O)cc1)C(=O)N1CCCC1C(=O)NC(Cc1ccccc1)C(=O)O. The standard InChI is InChI=1S/C29H34N6O6/c30-22(15-20-16-31-17-32-20)26(37)33-23(13-19-8-10-21(36)11-9-19)28(39)35-12-4-7-25(35)27(38)34-24(29(40)41)14-18-5-2-1-3-6-18/h1-3,5-6,8-11,16-17,22-25,36H,4,7,12-15,30H2,(H,31,32)(H,33,37)(H,34,38)(H,40,41). The number of nitrogens with two attached hydrogens (primary N) is 1. The van der Waals surface area contributed by atoms with E-state index in [1.807, 2.05) is 6.07 Å². The van der Waals surface area contributed by atoms with Crippen molar-refractivity contribution in [3.8, 4) is 5.75 Å². The molecule has 4 atom stereocenters. The molecule has 1 aromatic heterocycles. The first-order chi connectivity index (χ1) is 19.7. The molecule has 3 aromatic rings. The summed E-state index contributed by atoms with van der Waals surface area (Å²) in [6, 6.07) is 11.1. The maximum Gasteiger partial charge on any atom is 0.326 e. The molecule has 0 saturated carbocycles. The third-order valence-corrected chi connectivity index (χ3v) is 7.06. The Labute approximate surface area is 237 Å². The highest BCUT2D eigenvalue weighted by Crippen LogP contribution is 2.21. The largest absolute Gasteiger partial charge is 0.508 e. The van der Waals surface area contributed by atoms with Crippen molar-refractivity contribution in [3.63, 3.8) is 0 Å². The van der Waals surface area contributed by atoms with Gasteiger partial charge in [-0.15, -0.1) is 0 Å². The maximum absolute atomic E-state index is 13.8. The Morgan fingerprint density at radius 2 is 1.66 bits per heavy atom. The quantitative estimate of drug-likeness (QED) is 0.184. The minimum absolute atomic E-state index is 0.0574. The van der Waals surface area contributed by atoms with Crippen LogP contribution >= 0.6 is 0 Å². The number of benzene rings is 2. The zero-order valence-corrected chi connectivity index (χ0v) is 22.4. The van der Waals surface area contributed by atoms with Gasteiger partial charge >= 0.3 is 5.97 Å². The van der Waals surface area contributed by atoms with Gasteiger partial charge in [0.25, 0.3) is 0 Å². The average Bonchev–Trinajstić information content (AvgIpc) is 3.66. The van der Waals surface area contributed by atoms with Crippen molar-refractivity contribution in [1.82, 2.24) is 25.5 Å². The van der Waals surface area contributed by atoms with Gasteiger partial charge in [0.1, 0.15) is 23.9 Å². The number of likely N-dealkylation sites (tertiary alicyclic amines) is 1. The number of nitrogens with one attached hydrogen (secondary N) is 3. The number of carboxylic acid groups (broad SMARTS) is 1. The molecule has 1 aliphatic rings. The lowest BCUT2D eigenvalue weighted by Crippen LogP contribution is -2.57. The number of phenolic OH excluding ortho intramolecular Hbond substituents is 1. The summed E-state index contributed by atoms with van der Waals surface area (Å²) in [6.07, 6.45) is 4.30. The molecule has 3 amide bonds. The second-order valence-corrected chi connectivity index (χ2v) is 10.1. The van der Waals surface area contributed by atoms with Crippen LogP contribution < -0.4 is 16.4 Å². The third kappa shape index (κ3) is 7.92. The van der Waals surface area contributed by atoms with Gasteiger partial charge in [0.15, 0.2) is 0 Å². The first-order valence-electron chi connectivity index (χ1n) is 13.4. The van der Waals surface area contributed by atoms with E-state index in [2.05, 4.69) is 20.6 Å². The molecule has 1 aliphatic heterocycles. The van der Waals surface area contributed by atoms with Gasteiger partial charge < -0.3 is 36.5 Å². The number of hydrogen-bond acceptors (Lipinski definition) is 7. The lowest BCUT2D eigenvalue weighted by molar-refractivity contribution is -0.144. The van der Waals surface area contributed by atoms with Crippen LogP contribution in [0.5, 0.6) is 5.75 Å². The summed E-state index contributed by atoms with van der Waals surface area (Å²) in [7, 11) is 0. The molecule has 0 spiro atoms. The second-order valence-electron chi connectivity index (χ2n) is 10.1. The van der Waals surface area contributed by atoms with Crippen molar-refractivity contribution in [2.24, 2.45) is 5.73 Å². The number of aromatic amines is 1. The van der Waals surface area contributed by atoms with E-state index in [0.29, 0.717) is 24.1 Å².